The number of nitrogen functional groups attached to an aromatic ring is 1. The van der Waals surface area contributed by atoms with Gasteiger partial charge in [0.25, 0.3) is 5.91 Å². The fourth-order valence-electron chi connectivity index (χ4n) is 1.29. The van der Waals surface area contributed by atoms with Crippen molar-refractivity contribution in [3.05, 3.63) is 29.6 Å². The zero-order chi connectivity index (χ0) is 13.8. The SMILES string of the molecule is Nc1ccc(F)c(C(=O)NCCCS(N)(=O)=O)c1. The van der Waals surface area contributed by atoms with Crippen LogP contribution < -0.4 is 16.2 Å². The summed E-state index contributed by atoms with van der Waals surface area (Å²) in [7, 11) is -3.55. The smallest absolute Gasteiger partial charge is 0.254 e. The van der Waals surface area contributed by atoms with Crippen molar-refractivity contribution in [2.45, 2.75) is 6.42 Å². The maximum Gasteiger partial charge on any atom is 0.254 e. The number of nitrogens with one attached hydrogen (secondary N) is 1. The maximum atomic E-state index is 13.3. The number of anilines is 1. The largest absolute Gasteiger partial charge is 0.399 e. The summed E-state index contributed by atoms with van der Waals surface area (Å²) >= 11 is 0. The number of benzene rings is 1. The Morgan fingerprint density at radius 3 is 2.67 bits per heavy atom. The van der Waals surface area contributed by atoms with Crippen LogP contribution in [0.2, 0.25) is 0 Å². The van der Waals surface area contributed by atoms with Gasteiger partial charge in [0.15, 0.2) is 0 Å². The van der Waals surface area contributed by atoms with Crippen molar-refractivity contribution >= 4 is 21.6 Å². The summed E-state index contributed by atoms with van der Waals surface area (Å²) in [6, 6.07) is 3.64. The Morgan fingerprint density at radius 2 is 2.06 bits per heavy atom. The van der Waals surface area contributed by atoms with Gasteiger partial charge in [-0.15, -0.1) is 0 Å². The fraction of sp³-hybridized carbons (Fsp3) is 0.300. The summed E-state index contributed by atoms with van der Waals surface area (Å²) in [5, 5.41) is 7.18. The molecule has 100 valence electrons. The summed E-state index contributed by atoms with van der Waals surface area (Å²) in [5.74, 6) is -1.57. The van der Waals surface area contributed by atoms with Gasteiger partial charge >= 0.3 is 0 Å². The molecule has 6 nitrogen and oxygen atoms in total. The lowest BCUT2D eigenvalue weighted by molar-refractivity contribution is 0.0949. The highest BCUT2D eigenvalue weighted by Crippen LogP contribution is 2.11. The minimum atomic E-state index is -3.55. The minimum absolute atomic E-state index is 0.0868. The van der Waals surface area contributed by atoms with Gasteiger partial charge in [-0.3, -0.25) is 4.79 Å². The molecule has 0 fully saturated rings. The maximum absolute atomic E-state index is 13.3. The van der Waals surface area contributed by atoms with Crippen molar-refractivity contribution in [3.63, 3.8) is 0 Å². The van der Waals surface area contributed by atoms with E-state index in [9.17, 15) is 17.6 Å². The third kappa shape index (κ3) is 4.68. The lowest BCUT2D eigenvalue weighted by atomic mass is 10.2. The molecule has 1 amide bonds. The van der Waals surface area contributed by atoms with Gasteiger partial charge in [0.1, 0.15) is 5.82 Å². The van der Waals surface area contributed by atoms with Crippen molar-refractivity contribution in [1.29, 1.82) is 0 Å². The third-order valence-electron chi connectivity index (χ3n) is 2.13. The van der Waals surface area contributed by atoms with Crippen LogP contribution in [-0.2, 0) is 10.0 Å². The van der Waals surface area contributed by atoms with Crippen molar-refractivity contribution < 1.29 is 17.6 Å². The molecule has 0 unspecified atom stereocenters. The topological polar surface area (TPSA) is 115 Å². The zero-order valence-electron chi connectivity index (χ0n) is 9.52. The van der Waals surface area contributed by atoms with Gasteiger partial charge in [0.2, 0.25) is 10.0 Å². The number of halogens is 1. The Bertz CT molecular complexity index is 545. The molecular formula is C10H14FN3O3S. The Hall–Kier alpha value is -1.67. The number of carbonyl (C=O) groups excluding carboxylic acids is 1. The molecule has 0 spiro atoms. The Balaban J connectivity index is 2.53. The highest BCUT2D eigenvalue weighted by atomic mass is 32.2. The molecule has 0 saturated heterocycles. The first-order valence-electron chi connectivity index (χ1n) is 5.13. The van der Waals surface area contributed by atoms with E-state index < -0.39 is 21.7 Å². The van der Waals surface area contributed by atoms with E-state index in [2.05, 4.69) is 5.32 Å². The Kier molecular flexibility index (Phi) is 4.62. The first kappa shape index (κ1) is 14.4. The average Bonchev–Trinajstić information content (AvgIpc) is 2.26. The van der Waals surface area contributed by atoms with Gasteiger partial charge in [0.05, 0.1) is 11.3 Å². The molecule has 0 aromatic heterocycles. The molecule has 0 aliphatic heterocycles. The second-order valence-corrected chi connectivity index (χ2v) is 5.45. The van der Waals surface area contributed by atoms with E-state index >= 15 is 0 Å². The molecule has 0 aliphatic rings. The molecule has 8 heteroatoms. The van der Waals surface area contributed by atoms with Crippen LogP contribution in [0.4, 0.5) is 10.1 Å². The van der Waals surface area contributed by atoms with Crippen molar-refractivity contribution in [2.75, 3.05) is 18.0 Å². The molecule has 0 bridgehead atoms. The number of hydrogen-bond acceptors (Lipinski definition) is 4. The van der Waals surface area contributed by atoms with Crippen LogP contribution in [0, 0.1) is 5.82 Å². The monoisotopic (exact) mass is 275 g/mol. The van der Waals surface area contributed by atoms with E-state index in [0.717, 1.165) is 6.07 Å². The van der Waals surface area contributed by atoms with E-state index in [0.29, 0.717) is 0 Å². The number of carbonyl (C=O) groups is 1. The van der Waals surface area contributed by atoms with E-state index in [4.69, 9.17) is 10.9 Å². The molecular weight excluding hydrogens is 261 g/mol. The lowest BCUT2D eigenvalue weighted by Crippen LogP contribution is -2.28. The van der Waals surface area contributed by atoms with Crippen LogP contribution in [0.15, 0.2) is 18.2 Å². The zero-order valence-corrected chi connectivity index (χ0v) is 10.3. The van der Waals surface area contributed by atoms with Crippen LogP contribution in [0.25, 0.3) is 0 Å². The molecule has 18 heavy (non-hydrogen) atoms. The number of hydrogen-bond donors (Lipinski definition) is 3. The number of nitrogens with two attached hydrogens (primary N) is 2. The predicted octanol–water partition coefficient (Wildman–Crippen LogP) is -0.184. The van der Waals surface area contributed by atoms with Crippen LogP contribution in [0.3, 0.4) is 0 Å². The van der Waals surface area contributed by atoms with Crippen molar-refractivity contribution in [3.8, 4) is 0 Å². The van der Waals surface area contributed by atoms with Crippen LogP contribution >= 0.6 is 0 Å². The van der Waals surface area contributed by atoms with Gasteiger partial charge in [0, 0.05) is 12.2 Å². The van der Waals surface area contributed by atoms with Crippen LogP contribution in [0.5, 0.6) is 0 Å². The highest BCUT2D eigenvalue weighted by Gasteiger charge is 2.11. The minimum Gasteiger partial charge on any atom is -0.399 e. The fourth-order valence-corrected chi connectivity index (χ4v) is 1.83. The van der Waals surface area contributed by atoms with Gasteiger partial charge in [-0.05, 0) is 24.6 Å². The van der Waals surface area contributed by atoms with Crippen molar-refractivity contribution in [1.82, 2.24) is 5.32 Å². The quantitative estimate of drug-likeness (QED) is 0.510. The summed E-state index contributed by atoms with van der Waals surface area (Å²) in [6.45, 7) is 0.0868. The van der Waals surface area contributed by atoms with Crippen LogP contribution in [0.1, 0.15) is 16.8 Å². The lowest BCUT2D eigenvalue weighted by Gasteiger charge is -2.06. The van der Waals surface area contributed by atoms with E-state index in [1.165, 1.54) is 12.1 Å². The summed E-state index contributed by atoms with van der Waals surface area (Å²) in [6.07, 6.45) is 0.161. The average molecular weight is 275 g/mol. The molecule has 1 rings (SSSR count). The second-order valence-electron chi connectivity index (χ2n) is 3.72. The van der Waals surface area contributed by atoms with Gasteiger partial charge < -0.3 is 11.1 Å². The number of rotatable bonds is 5. The van der Waals surface area contributed by atoms with Gasteiger partial charge in [-0.2, -0.15) is 0 Å². The van der Waals surface area contributed by atoms with Gasteiger partial charge in [-0.1, -0.05) is 0 Å². The molecule has 1 aromatic carbocycles. The number of sulfonamides is 1. The summed E-state index contributed by atoms with van der Waals surface area (Å²) < 4.78 is 34.6. The first-order chi connectivity index (χ1) is 8.29. The predicted molar refractivity (Wildman–Crippen MR) is 65.7 cm³/mol. The molecule has 0 saturated carbocycles. The molecule has 0 radical (unpaired) electrons. The van der Waals surface area contributed by atoms with E-state index in [1.807, 2.05) is 0 Å². The highest BCUT2D eigenvalue weighted by molar-refractivity contribution is 7.89. The summed E-state index contributed by atoms with van der Waals surface area (Å²) in [5.41, 5.74) is 5.53. The molecule has 1 aromatic rings. The molecule has 5 N–H and O–H groups in total. The first-order valence-corrected chi connectivity index (χ1v) is 6.85. The molecule has 0 heterocycles. The molecule has 0 aliphatic carbocycles. The number of amides is 1. The number of primary sulfonamides is 1. The normalized spacial score (nSPS) is 11.2. The third-order valence-corrected chi connectivity index (χ3v) is 2.98. The Labute approximate surface area is 104 Å². The van der Waals surface area contributed by atoms with Gasteiger partial charge in [-0.25, -0.2) is 17.9 Å². The standard InChI is InChI=1S/C10H14FN3O3S/c11-9-3-2-7(12)6-8(9)10(15)14-4-1-5-18(13,16)17/h2-3,6H,1,4-5,12H2,(H,14,15)(H2,13,16,17). The van der Waals surface area contributed by atoms with E-state index in [-0.39, 0.29) is 30.0 Å². The summed E-state index contributed by atoms with van der Waals surface area (Å²) in [4.78, 5) is 11.6. The Morgan fingerprint density at radius 1 is 1.39 bits per heavy atom. The second kappa shape index (κ2) is 5.78. The van der Waals surface area contributed by atoms with Crippen molar-refractivity contribution in [2.24, 2.45) is 5.14 Å². The van der Waals surface area contributed by atoms with Crippen LogP contribution in [-0.4, -0.2) is 26.6 Å². The molecule has 0 atom stereocenters. The van der Waals surface area contributed by atoms with E-state index in [1.54, 1.807) is 0 Å².